The molecule has 17 heavy (non-hydrogen) atoms. The molecular weight excluding hydrogens is 212 g/mol. The van der Waals surface area contributed by atoms with E-state index in [4.69, 9.17) is 4.74 Å². The zero-order valence-electron chi connectivity index (χ0n) is 10.8. The Labute approximate surface area is 104 Å². The van der Waals surface area contributed by atoms with Gasteiger partial charge in [0, 0.05) is 6.42 Å². The standard InChI is InChI=1S/C15H22O2/c1-3-5-11-15(14(16)4-2)17-12-13-9-7-6-8-10-13/h6-10,15H,3-5,11-12H2,1-2H3. The van der Waals surface area contributed by atoms with Crippen LogP contribution in [0.4, 0.5) is 0 Å². The number of benzene rings is 1. The third-order valence-corrected chi connectivity index (χ3v) is 2.82. The summed E-state index contributed by atoms with van der Waals surface area (Å²) < 4.78 is 5.73. The van der Waals surface area contributed by atoms with Gasteiger partial charge in [-0.05, 0) is 12.0 Å². The lowest BCUT2D eigenvalue weighted by molar-refractivity contribution is -0.131. The van der Waals surface area contributed by atoms with Crippen LogP contribution >= 0.6 is 0 Å². The highest BCUT2D eigenvalue weighted by atomic mass is 16.5. The molecule has 0 bridgehead atoms. The molecule has 0 N–H and O–H groups in total. The third-order valence-electron chi connectivity index (χ3n) is 2.82. The van der Waals surface area contributed by atoms with Crippen molar-refractivity contribution in [3.05, 3.63) is 35.9 Å². The van der Waals surface area contributed by atoms with Gasteiger partial charge in [0.15, 0.2) is 5.78 Å². The van der Waals surface area contributed by atoms with E-state index >= 15 is 0 Å². The Hall–Kier alpha value is -1.15. The summed E-state index contributed by atoms with van der Waals surface area (Å²) in [5.41, 5.74) is 1.12. The molecule has 1 unspecified atom stereocenters. The molecule has 1 atom stereocenters. The van der Waals surface area contributed by atoms with Crippen molar-refractivity contribution in [2.45, 2.75) is 52.2 Å². The average Bonchev–Trinajstić information content (AvgIpc) is 2.39. The van der Waals surface area contributed by atoms with Crippen molar-refractivity contribution >= 4 is 5.78 Å². The third kappa shape index (κ3) is 5.14. The van der Waals surface area contributed by atoms with Gasteiger partial charge in [0.25, 0.3) is 0 Å². The maximum atomic E-state index is 11.7. The van der Waals surface area contributed by atoms with Crippen LogP contribution in [0.15, 0.2) is 30.3 Å². The van der Waals surface area contributed by atoms with Crippen LogP contribution in [0.1, 0.15) is 45.1 Å². The molecule has 1 rings (SSSR count). The van der Waals surface area contributed by atoms with E-state index in [2.05, 4.69) is 6.92 Å². The number of hydrogen-bond acceptors (Lipinski definition) is 2. The summed E-state index contributed by atoms with van der Waals surface area (Å²) in [7, 11) is 0. The van der Waals surface area contributed by atoms with E-state index in [9.17, 15) is 4.79 Å². The summed E-state index contributed by atoms with van der Waals surface area (Å²) in [6, 6.07) is 10.00. The van der Waals surface area contributed by atoms with Gasteiger partial charge in [0.2, 0.25) is 0 Å². The molecule has 1 aromatic carbocycles. The van der Waals surface area contributed by atoms with Crippen LogP contribution in [0.25, 0.3) is 0 Å². The van der Waals surface area contributed by atoms with Crippen molar-refractivity contribution in [1.29, 1.82) is 0 Å². The summed E-state index contributed by atoms with van der Waals surface area (Å²) in [6.07, 6.45) is 3.33. The first-order valence-corrected chi connectivity index (χ1v) is 6.46. The smallest absolute Gasteiger partial charge is 0.161 e. The minimum atomic E-state index is -0.222. The normalized spacial score (nSPS) is 12.4. The predicted molar refractivity (Wildman–Crippen MR) is 69.8 cm³/mol. The van der Waals surface area contributed by atoms with Crippen LogP contribution in [0.5, 0.6) is 0 Å². The zero-order valence-corrected chi connectivity index (χ0v) is 10.8. The fourth-order valence-electron chi connectivity index (χ4n) is 1.73. The molecule has 0 heterocycles. The molecular formula is C15H22O2. The Morgan fingerprint density at radius 3 is 2.53 bits per heavy atom. The van der Waals surface area contributed by atoms with E-state index in [1.165, 1.54) is 0 Å². The van der Waals surface area contributed by atoms with Crippen molar-refractivity contribution in [2.75, 3.05) is 0 Å². The number of carbonyl (C=O) groups excluding carboxylic acids is 1. The number of ether oxygens (including phenoxy) is 1. The first kappa shape index (κ1) is 13.9. The Morgan fingerprint density at radius 1 is 1.24 bits per heavy atom. The van der Waals surface area contributed by atoms with Crippen LogP contribution in [0, 0.1) is 0 Å². The van der Waals surface area contributed by atoms with Gasteiger partial charge >= 0.3 is 0 Å². The maximum absolute atomic E-state index is 11.7. The average molecular weight is 234 g/mol. The SMILES string of the molecule is CCCCC(OCc1ccccc1)C(=O)CC. The summed E-state index contributed by atoms with van der Waals surface area (Å²) in [5.74, 6) is 0.217. The minimum absolute atomic E-state index is 0.217. The molecule has 0 spiro atoms. The predicted octanol–water partition coefficient (Wildman–Crippen LogP) is 3.74. The van der Waals surface area contributed by atoms with Crippen molar-refractivity contribution in [3.63, 3.8) is 0 Å². The lowest BCUT2D eigenvalue weighted by atomic mass is 10.1. The Kier molecular flexibility index (Phi) is 6.56. The number of Topliss-reactive ketones (excluding diaryl/α,β-unsaturated/α-hetero) is 1. The highest BCUT2D eigenvalue weighted by Gasteiger charge is 2.16. The second-order valence-corrected chi connectivity index (χ2v) is 4.25. The van der Waals surface area contributed by atoms with E-state index < -0.39 is 0 Å². The zero-order chi connectivity index (χ0) is 12.5. The molecule has 0 aliphatic carbocycles. The van der Waals surface area contributed by atoms with Crippen molar-refractivity contribution in [2.24, 2.45) is 0 Å². The molecule has 0 fully saturated rings. The first-order chi connectivity index (χ1) is 8.27. The number of ketones is 1. The minimum Gasteiger partial charge on any atom is -0.366 e. The molecule has 0 saturated heterocycles. The molecule has 2 nitrogen and oxygen atoms in total. The highest BCUT2D eigenvalue weighted by Crippen LogP contribution is 2.11. The summed E-state index contributed by atoms with van der Waals surface area (Å²) >= 11 is 0. The van der Waals surface area contributed by atoms with E-state index in [0.717, 1.165) is 24.8 Å². The van der Waals surface area contributed by atoms with E-state index in [-0.39, 0.29) is 11.9 Å². The fraction of sp³-hybridized carbons (Fsp3) is 0.533. The number of carbonyl (C=O) groups is 1. The molecule has 0 aliphatic rings. The van der Waals surface area contributed by atoms with Crippen molar-refractivity contribution in [1.82, 2.24) is 0 Å². The van der Waals surface area contributed by atoms with Crippen molar-refractivity contribution < 1.29 is 9.53 Å². The van der Waals surface area contributed by atoms with Crippen LogP contribution in [0.3, 0.4) is 0 Å². The molecule has 0 saturated carbocycles. The second-order valence-electron chi connectivity index (χ2n) is 4.25. The molecule has 0 amide bonds. The molecule has 2 heteroatoms. The molecule has 0 aliphatic heterocycles. The quantitative estimate of drug-likeness (QED) is 0.685. The Morgan fingerprint density at radius 2 is 1.94 bits per heavy atom. The highest BCUT2D eigenvalue weighted by molar-refractivity contribution is 5.82. The Bertz CT molecular complexity index is 319. The summed E-state index contributed by atoms with van der Waals surface area (Å²) in [4.78, 5) is 11.7. The number of hydrogen-bond donors (Lipinski definition) is 0. The lowest BCUT2D eigenvalue weighted by Crippen LogP contribution is -2.23. The van der Waals surface area contributed by atoms with Crippen LogP contribution < -0.4 is 0 Å². The van der Waals surface area contributed by atoms with E-state index in [1.807, 2.05) is 37.3 Å². The Balaban J connectivity index is 2.46. The van der Waals surface area contributed by atoms with Gasteiger partial charge in [0.05, 0.1) is 6.61 Å². The summed E-state index contributed by atoms with van der Waals surface area (Å²) in [5, 5.41) is 0. The van der Waals surface area contributed by atoms with Crippen molar-refractivity contribution in [3.8, 4) is 0 Å². The largest absolute Gasteiger partial charge is 0.366 e. The van der Waals surface area contributed by atoms with Gasteiger partial charge in [-0.25, -0.2) is 0 Å². The van der Waals surface area contributed by atoms with Crippen LogP contribution in [-0.2, 0) is 16.1 Å². The lowest BCUT2D eigenvalue weighted by Gasteiger charge is -2.15. The monoisotopic (exact) mass is 234 g/mol. The van der Waals surface area contributed by atoms with Gasteiger partial charge in [-0.1, -0.05) is 57.0 Å². The van der Waals surface area contributed by atoms with Crippen LogP contribution in [-0.4, -0.2) is 11.9 Å². The van der Waals surface area contributed by atoms with Crippen LogP contribution in [0.2, 0.25) is 0 Å². The van der Waals surface area contributed by atoms with E-state index in [1.54, 1.807) is 0 Å². The second kappa shape index (κ2) is 8.02. The van der Waals surface area contributed by atoms with Gasteiger partial charge in [-0.15, -0.1) is 0 Å². The molecule has 0 aromatic heterocycles. The first-order valence-electron chi connectivity index (χ1n) is 6.46. The molecule has 1 aromatic rings. The molecule has 94 valence electrons. The van der Waals surface area contributed by atoms with Gasteiger partial charge in [-0.2, -0.15) is 0 Å². The fourth-order valence-corrected chi connectivity index (χ4v) is 1.73. The maximum Gasteiger partial charge on any atom is 0.161 e. The van der Waals surface area contributed by atoms with Gasteiger partial charge in [-0.3, -0.25) is 4.79 Å². The number of unbranched alkanes of at least 4 members (excludes halogenated alkanes) is 1. The topological polar surface area (TPSA) is 26.3 Å². The molecule has 0 radical (unpaired) electrons. The summed E-state index contributed by atoms with van der Waals surface area (Å²) in [6.45, 7) is 4.55. The van der Waals surface area contributed by atoms with E-state index in [0.29, 0.717) is 13.0 Å². The van der Waals surface area contributed by atoms with Gasteiger partial charge < -0.3 is 4.74 Å². The van der Waals surface area contributed by atoms with Gasteiger partial charge in [0.1, 0.15) is 6.10 Å². The number of rotatable bonds is 8.